The fourth-order valence-corrected chi connectivity index (χ4v) is 6.09. The van der Waals surface area contributed by atoms with Crippen LogP contribution in [0.4, 0.5) is 0 Å². The van der Waals surface area contributed by atoms with E-state index in [1.807, 2.05) is 36.4 Å². The number of benzene rings is 1. The molecule has 26 heavy (non-hydrogen) atoms. The predicted octanol–water partition coefficient (Wildman–Crippen LogP) is 3.98. The van der Waals surface area contributed by atoms with Gasteiger partial charge in [-0.25, -0.2) is 0 Å². The predicted molar refractivity (Wildman–Crippen MR) is 105 cm³/mol. The van der Waals surface area contributed by atoms with Crippen molar-refractivity contribution in [2.45, 2.75) is 41.0 Å². The first kappa shape index (κ1) is 17.6. The normalized spacial score (nSPS) is 27.1. The molecule has 4 nitrogen and oxygen atoms in total. The molecule has 1 N–H and O–H groups in total. The van der Waals surface area contributed by atoms with Gasteiger partial charge in [-0.15, -0.1) is 11.3 Å². The lowest BCUT2D eigenvalue weighted by atomic mass is 9.79. The molecule has 5 rings (SSSR count). The second kappa shape index (κ2) is 7.43. The molecule has 0 aliphatic carbocycles. The van der Waals surface area contributed by atoms with Crippen LogP contribution in [0.1, 0.15) is 35.0 Å². The number of carbonyl (C=O) groups is 1. The van der Waals surface area contributed by atoms with Crippen LogP contribution >= 0.6 is 23.1 Å². The average Bonchev–Trinajstić information content (AvgIpc) is 3.14. The fraction of sp³-hybridized carbons (Fsp3) is 0.400. The van der Waals surface area contributed by atoms with Crippen molar-refractivity contribution in [1.82, 2.24) is 10.2 Å². The Labute approximate surface area is 162 Å². The van der Waals surface area contributed by atoms with E-state index in [1.54, 1.807) is 11.8 Å². The zero-order chi connectivity index (χ0) is 18.1. The molecule has 0 spiro atoms. The van der Waals surface area contributed by atoms with Crippen LogP contribution in [-0.2, 0) is 0 Å². The van der Waals surface area contributed by atoms with Gasteiger partial charge in [0.05, 0.1) is 14.6 Å². The number of hydrogen-bond donors (Lipinski definition) is 1. The van der Waals surface area contributed by atoms with E-state index in [-0.39, 0.29) is 11.9 Å². The van der Waals surface area contributed by atoms with Crippen LogP contribution in [0, 0.1) is 17.2 Å². The number of thiophene rings is 1. The SMILES string of the molecule is CC1C(NC(=O)c2ccc(Sc3ccccc3C#N)s2)C2CCN1CC2. The van der Waals surface area contributed by atoms with Gasteiger partial charge < -0.3 is 5.32 Å². The molecule has 2 aromatic rings. The Morgan fingerprint density at radius 2 is 2.04 bits per heavy atom. The maximum absolute atomic E-state index is 12.7. The maximum Gasteiger partial charge on any atom is 0.261 e. The zero-order valence-electron chi connectivity index (χ0n) is 14.6. The monoisotopic (exact) mass is 383 g/mol. The molecule has 3 fully saturated rings. The lowest BCUT2D eigenvalue weighted by Gasteiger charge is -2.49. The van der Waals surface area contributed by atoms with Crippen molar-refractivity contribution in [3.05, 3.63) is 46.8 Å². The van der Waals surface area contributed by atoms with E-state index >= 15 is 0 Å². The van der Waals surface area contributed by atoms with Crippen molar-refractivity contribution in [1.29, 1.82) is 5.26 Å². The number of carbonyl (C=O) groups excluding carboxylic acids is 1. The molecule has 0 saturated carbocycles. The van der Waals surface area contributed by atoms with Crippen LogP contribution in [0.2, 0.25) is 0 Å². The number of fused-ring (bicyclic) bond motifs is 3. The first-order valence-corrected chi connectivity index (χ1v) is 10.6. The summed E-state index contributed by atoms with van der Waals surface area (Å²) in [6, 6.07) is 14.3. The molecule has 134 valence electrons. The Balaban J connectivity index is 1.44. The summed E-state index contributed by atoms with van der Waals surface area (Å²) in [6.07, 6.45) is 2.37. The van der Waals surface area contributed by atoms with E-state index in [0.717, 1.165) is 27.1 Å². The van der Waals surface area contributed by atoms with Gasteiger partial charge in [0.1, 0.15) is 6.07 Å². The molecule has 2 unspecified atom stereocenters. The van der Waals surface area contributed by atoms with Crippen molar-refractivity contribution < 1.29 is 4.79 Å². The fourth-order valence-electron chi connectivity index (χ4n) is 4.02. The summed E-state index contributed by atoms with van der Waals surface area (Å²) in [5.74, 6) is 0.635. The molecular weight excluding hydrogens is 362 g/mol. The van der Waals surface area contributed by atoms with Gasteiger partial charge in [-0.05, 0) is 63.0 Å². The minimum atomic E-state index is 0.0287. The van der Waals surface area contributed by atoms with Crippen molar-refractivity contribution in [2.24, 2.45) is 5.92 Å². The van der Waals surface area contributed by atoms with Crippen LogP contribution < -0.4 is 5.32 Å². The number of nitriles is 1. The van der Waals surface area contributed by atoms with E-state index in [9.17, 15) is 10.1 Å². The highest BCUT2D eigenvalue weighted by molar-refractivity contribution is 8.01. The molecule has 1 aromatic heterocycles. The van der Waals surface area contributed by atoms with Gasteiger partial charge >= 0.3 is 0 Å². The van der Waals surface area contributed by atoms with E-state index in [0.29, 0.717) is 17.5 Å². The molecule has 1 aromatic carbocycles. The molecule has 3 aliphatic rings. The van der Waals surface area contributed by atoms with Crippen LogP contribution in [0.3, 0.4) is 0 Å². The minimum absolute atomic E-state index is 0.0287. The molecule has 4 heterocycles. The van der Waals surface area contributed by atoms with Crippen molar-refractivity contribution in [3.8, 4) is 6.07 Å². The zero-order valence-corrected chi connectivity index (χ0v) is 16.3. The van der Waals surface area contributed by atoms with Crippen molar-refractivity contribution in [2.75, 3.05) is 13.1 Å². The van der Waals surface area contributed by atoms with Gasteiger partial charge in [0.15, 0.2) is 0 Å². The second-order valence-electron chi connectivity index (χ2n) is 6.94. The molecule has 1 amide bonds. The standard InChI is InChI=1S/C20H21N3OS2/c1-13-19(14-8-10-23(13)11-9-14)22-20(24)17-6-7-18(26-17)25-16-5-3-2-4-15(16)12-21/h2-7,13-14,19H,8-11H2,1H3,(H,22,24). The summed E-state index contributed by atoms with van der Waals surface area (Å²) in [4.78, 5) is 16.9. The number of nitrogens with one attached hydrogen (secondary N) is 1. The minimum Gasteiger partial charge on any atom is -0.347 e. The number of hydrogen-bond acceptors (Lipinski definition) is 5. The Bertz CT molecular complexity index is 847. The topological polar surface area (TPSA) is 56.1 Å². The summed E-state index contributed by atoms with van der Waals surface area (Å²) in [5, 5.41) is 12.5. The van der Waals surface area contributed by atoms with Crippen molar-refractivity contribution in [3.63, 3.8) is 0 Å². The van der Waals surface area contributed by atoms with Crippen molar-refractivity contribution >= 4 is 29.0 Å². The largest absolute Gasteiger partial charge is 0.347 e. The van der Waals surface area contributed by atoms with E-state index in [1.165, 1.54) is 24.2 Å². The molecule has 0 radical (unpaired) electrons. The van der Waals surface area contributed by atoms with Gasteiger partial charge in [0.25, 0.3) is 5.91 Å². The smallest absolute Gasteiger partial charge is 0.261 e. The first-order valence-electron chi connectivity index (χ1n) is 8.97. The van der Waals surface area contributed by atoms with Gasteiger partial charge in [-0.3, -0.25) is 9.69 Å². The summed E-state index contributed by atoms with van der Waals surface area (Å²) in [5.41, 5.74) is 0.665. The maximum atomic E-state index is 12.7. The van der Waals surface area contributed by atoms with Crippen LogP contribution in [0.5, 0.6) is 0 Å². The third kappa shape index (κ3) is 3.39. The van der Waals surface area contributed by atoms with E-state index in [2.05, 4.69) is 23.2 Å². The highest BCUT2D eigenvalue weighted by Gasteiger charge is 2.40. The average molecular weight is 384 g/mol. The summed E-state index contributed by atoms with van der Waals surface area (Å²) < 4.78 is 1.03. The number of rotatable bonds is 4. The molecular formula is C20H21N3OS2. The summed E-state index contributed by atoms with van der Waals surface area (Å²) >= 11 is 3.04. The third-order valence-electron chi connectivity index (χ3n) is 5.50. The van der Waals surface area contributed by atoms with Gasteiger partial charge in [-0.2, -0.15) is 5.26 Å². The third-order valence-corrected chi connectivity index (χ3v) is 7.79. The lowest BCUT2D eigenvalue weighted by Crippen LogP contribution is -2.62. The van der Waals surface area contributed by atoms with Crippen LogP contribution in [0.15, 0.2) is 45.5 Å². The van der Waals surface area contributed by atoms with Crippen LogP contribution in [0.25, 0.3) is 0 Å². The first-order chi connectivity index (χ1) is 12.7. The molecule has 3 saturated heterocycles. The lowest BCUT2D eigenvalue weighted by molar-refractivity contribution is 0.0218. The molecule has 3 aliphatic heterocycles. The summed E-state index contributed by atoms with van der Waals surface area (Å²) in [6.45, 7) is 4.55. The Kier molecular flexibility index (Phi) is 5.03. The van der Waals surface area contributed by atoms with Gasteiger partial charge in [-0.1, -0.05) is 23.9 Å². The Morgan fingerprint density at radius 3 is 2.77 bits per heavy atom. The molecule has 2 bridgehead atoms. The van der Waals surface area contributed by atoms with E-state index < -0.39 is 0 Å². The van der Waals surface area contributed by atoms with Crippen LogP contribution in [-0.4, -0.2) is 36.0 Å². The number of amides is 1. The number of nitrogens with zero attached hydrogens (tertiary/aromatic N) is 2. The van der Waals surface area contributed by atoms with Gasteiger partial charge in [0.2, 0.25) is 0 Å². The highest BCUT2D eigenvalue weighted by Crippen LogP contribution is 2.36. The Hall–Kier alpha value is -1.81. The van der Waals surface area contributed by atoms with Gasteiger partial charge in [0, 0.05) is 17.0 Å². The number of piperidine rings is 3. The molecule has 2 atom stereocenters. The Morgan fingerprint density at radius 1 is 1.27 bits per heavy atom. The highest BCUT2D eigenvalue weighted by atomic mass is 32.2. The summed E-state index contributed by atoms with van der Waals surface area (Å²) in [7, 11) is 0. The molecule has 6 heteroatoms. The second-order valence-corrected chi connectivity index (χ2v) is 9.37. The quantitative estimate of drug-likeness (QED) is 0.867. The van der Waals surface area contributed by atoms with E-state index in [4.69, 9.17) is 0 Å².